The monoisotopic (exact) mass is 331 g/mol. The number of likely N-dealkylation sites (N-methyl/N-ethyl adjacent to an activating group) is 1. The van der Waals surface area contributed by atoms with Crippen molar-refractivity contribution in [2.45, 2.75) is 13.0 Å². The molecule has 0 saturated carbocycles. The van der Waals surface area contributed by atoms with Crippen LogP contribution in [0.25, 0.3) is 10.9 Å². The van der Waals surface area contributed by atoms with Crippen molar-refractivity contribution in [3.63, 3.8) is 0 Å². The summed E-state index contributed by atoms with van der Waals surface area (Å²) in [6.07, 6.45) is 0.0617. The van der Waals surface area contributed by atoms with Gasteiger partial charge in [-0.3, -0.25) is 4.79 Å². The summed E-state index contributed by atoms with van der Waals surface area (Å²) >= 11 is 0. The van der Waals surface area contributed by atoms with Crippen molar-refractivity contribution >= 4 is 16.8 Å². The molecule has 1 aliphatic heterocycles. The van der Waals surface area contributed by atoms with Crippen LogP contribution in [-0.2, 0) is 4.74 Å². The average Bonchev–Trinajstić information content (AvgIpc) is 2.97. The van der Waals surface area contributed by atoms with E-state index < -0.39 is 0 Å². The lowest BCUT2D eigenvalue weighted by molar-refractivity contribution is -0.0307. The zero-order valence-electron chi connectivity index (χ0n) is 14.5. The number of fused-ring (bicyclic) bond motifs is 1. The van der Waals surface area contributed by atoms with Crippen LogP contribution in [0.2, 0.25) is 0 Å². The lowest BCUT2D eigenvalue weighted by atomic mass is 10.2. The Balaban J connectivity index is 1.75. The highest BCUT2D eigenvalue weighted by Crippen LogP contribution is 2.22. The second-order valence-corrected chi connectivity index (χ2v) is 6.37. The molecular formula is C18H25N3O3. The predicted octanol–water partition coefficient (Wildman–Crippen LogP) is 1.97. The van der Waals surface area contributed by atoms with E-state index in [1.54, 1.807) is 0 Å². The smallest absolute Gasteiger partial charge is 0.270 e. The van der Waals surface area contributed by atoms with Crippen molar-refractivity contribution in [3.8, 4) is 5.75 Å². The number of hydrogen-bond donors (Lipinski definition) is 1. The summed E-state index contributed by atoms with van der Waals surface area (Å²) in [7, 11) is 4.02. The van der Waals surface area contributed by atoms with Gasteiger partial charge < -0.3 is 24.3 Å². The van der Waals surface area contributed by atoms with Crippen LogP contribution in [0, 0.1) is 0 Å². The Morgan fingerprint density at radius 3 is 3.00 bits per heavy atom. The first-order valence-electron chi connectivity index (χ1n) is 8.38. The van der Waals surface area contributed by atoms with E-state index in [1.807, 2.05) is 50.2 Å². The van der Waals surface area contributed by atoms with Gasteiger partial charge in [-0.15, -0.1) is 0 Å². The van der Waals surface area contributed by atoms with Crippen LogP contribution in [0.15, 0.2) is 24.3 Å². The lowest BCUT2D eigenvalue weighted by Crippen LogP contribution is -2.48. The zero-order chi connectivity index (χ0) is 17.1. The Labute approximate surface area is 142 Å². The third kappa shape index (κ3) is 3.71. The molecule has 1 unspecified atom stereocenters. The Morgan fingerprint density at radius 2 is 2.25 bits per heavy atom. The number of rotatable bonds is 5. The third-order valence-corrected chi connectivity index (χ3v) is 4.13. The highest BCUT2D eigenvalue weighted by atomic mass is 16.5. The van der Waals surface area contributed by atoms with Crippen LogP contribution in [0.3, 0.4) is 0 Å². The molecule has 130 valence electrons. The molecule has 1 saturated heterocycles. The number of H-pyrrole nitrogens is 1. The average molecular weight is 331 g/mol. The molecule has 6 nitrogen and oxygen atoms in total. The van der Waals surface area contributed by atoms with Crippen LogP contribution in [-0.4, -0.2) is 73.7 Å². The molecule has 2 aromatic rings. The van der Waals surface area contributed by atoms with Crippen LogP contribution < -0.4 is 4.74 Å². The summed E-state index contributed by atoms with van der Waals surface area (Å²) in [5, 5.41) is 1.01. The van der Waals surface area contributed by atoms with Gasteiger partial charge in [-0.1, -0.05) is 0 Å². The van der Waals surface area contributed by atoms with Crippen LogP contribution >= 0.6 is 0 Å². The molecule has 0 radical (unpaired) electrons. The second-order valence-electron chi connectivity index (χ2n) is 6.37. The number of aromatic amines is 1. The van der Waals surface area contributed by atoms with E-state index in [0.717, 1.165) is 23.2 Å². The maximum Gasteiger partial charge on any atom is 0.270 e. The number of morpholine rings is 1. The van der Waals surface area contributed by atoms with Crippen LogP contribution in [0.1, 0.15) is 17.4 Å². The van der Waals surface area contributed by atoms with Crippen molar-refractivity contribution < 1.29 is 14.3 Å². The number of carbonyl (C=O) groups excluding carboxylic acids is 1. The molecule has 1 aromatic carbocycles. The lowest BCUT2D eigenvalue weighted by Gasteiger charge is -2.34. The predicted molar refractivity (Wildman–Crippen MR) is 93.7 cm³/mol. The van der Waals surface area contributed by atoms with Gasteiger partial charge in [0.1, 0.15) is 11.4 Å². The molecule has 6 heteroatoms. The van der Waals surface area contributed by atoms with E-state index in [9.17, 15) is 4.79 Å². The first-order valence-corrected chi connectivity index (χ1v) is 8.38. The minimum atomic E-state index is 0.0243. The van der Waals surface area contributed by atoms with E-state index in [2.05, 4.69) is 9.88 Å². The largest absolute Gasteiger partial charge is 0.494 e. The Morgan fingerprint density at radius 1 is 1.42 bits per heavy atom. The maximum atomic E-state index is 12.8. The van der Waals surface area contributed by atoms with Gasteiger partial charge in [-0.25, -0.2) is 0 Å². The summed E-state index contributed by atoms with van der Waals surface area (Å²) in [6.45, 7) is 5.22. The van der Waals surface area contributed by atoms with E-state index in [0.29, 0.717) is 32.0 Å². The van der Waals surface area contributed by atoms with Crippen molar-refractivity contribution in [1.29, 1.82) is 0 Å². The Kier molecular flexibility index (Phi) is 5.06. The molecule has 1 amide bonds. The number of nitrogens with one attached hydrogen (secondary N) is 1. The fourth-order valence-corrected chi connectivity index (χ4v) is 3.07. The highest BCUT2D eigenvalue weighted by Gasteiger charge is 2.26. The SMILES string of the molecule is CCOc1ccc2cc(C(=O)N3CCOC(CN(C)C)C3)[nH]c2c1. The van der Waals surface area contributed by atoms with E-state index >= 15 is 0 Å². The van der Waals surface area contributed by atoms with Gasteiger partial charge in [0.15, 0.2) is 0 Å². The summed E-state index contributed by atoms with van der Waals surface area (Å²) in [6, 6.07) is 7.74. The van der Waals surface area contributed by atoms with E-state index in [-0.39, 0.29) is 12.0 Å². The van der Waals surface area contributed by atoms with Crippen LogP contribution in [0.5, 0.6) is 5.75 Å². The van der Waals surface area contributed by atoms with Gasteiger partial charge in [-0.2, -0.15) is 0 Å². The minimum Gasteiger partial charge on any atom is -0.494 e. The minimum absolute atomic E-state index is 0.0243. The third-order valence-electron chi connectivity index (χ3n) is 4.13. The van der Waals surface area contributed by atoms with Crippen molar-refractivity contribution in [3.05, 3.63) is 30.0 Å². The molecule has 24 heavy (non-hydrogen) atoms. The normalized spacial score (nSPS) is 18.3. The van der Waals surface area contributed by atoms with E-state index in [1.165, 1.54) is 0 Å². The number of aromatic nitrogens is 1. The Bertz CT molecular complexity index is 711. The topological polar surface area (TPSA) is 57.8 Å². The fourth-order valence-electron chi connectivity index (χ4n) is 3.07. The molecule has 0 aliphatic carbocycles. The fraction of sp³-hybridized carbons (Fsp3) is 0.500. The number of carbonyl (C=O) groups is 1. The standard InChI is InChI=1S/C18H25N3O3/c1-4-23-14-6-5-13-9-17(19-16(13)10-14)18(22)21-7-8-24-15(12-21)11-20(2)3/h5-6,9-10,15,19H,4,7-8,11-12H2,1-3H3. The van der Waals surface area contributed by atoms with Crippen molar-refractivity contribution in [1.82, 2.24) is 14.8 Å². The maximum absolute atomic E-state index is 12.8. The number of ether oxygens (including phenoxy) is 2. The van der Waals surface area contributed by atoms with Crippen molar-refractivity contribution in [2.24, 2.45) is 0 Å². The Hall–Kier alpha value is -2.05. The van der Waals surface area contributed by atoms with Gasteiger partial charge in [0.2, 0.25) is 0 Å². The van der Waals surface area contributed by atoms with Gasteiger partial charge >= 0.3 is 0 Å². The summed E-state index contributed by atoms with van der Waals surface area (Å²) in [4.78, 5) is 20.0. The molecule has 1 aliphatic rings. The molecule has 2 heterocycles. The van der Waals surface area contributed by atoms with Crippen LogP contribution in [0.4, 0.5) is 0 Å². The molecule has 1 fully saturated rings. The molecular weight excluding hydrogens is 306 g/mol. The molecule has 3 rings (SSSR count). The molecule has 0 bridgehead atoms. The second kappa shape index (κ2) is 7.23. The van der Waals surface area contributed by atoms with Crippen molar-refractivity contribution in [2.75, 3.05) is 46.9 Å². The molecule has 1 N–H and O–H groups in total. The number of benzene rings is 1. The van der Waals surface area contributed by atoms with E-state index in [4.69, 9.17) is 9.47 Å². The summed E-state index contributed by atoms with van der Waals surface area (Å²) < 4.78 is 11.3. The summed E-state index contributed by atoms with van der Waals surface area (Å²) in [5.74, 6) is 0.833. The highest BCUT2D eigenvalue weighted by molar-refractivity contribution is 5.98. The molecule has 0 spiro atoms. The number of amides is 1. The van der Waals surface area contributed by atoms with Gasteiger partial charge in [0.25, 0.3) is 5.91 Å². The zero-order valence-corrected chi connectivity index (χ0v) is 14.5. The first-order chi connectivity index (χ1) is 11.6. The quantitative estimate of drug-likeness (QED) is 0.910. The molecule has 1 atom stereocenters. The first kappa shape index (κ1) is 16.8. The van der Waals surface area contributed by atoms with Gasteiger partial charge in [0, 0.05) is 36.6 Å². The molecule has 1 aromatic heterocycles. The summed E-state index contributed by atoms with van der Waals surface area (Å²) in [5.41, 5.74) is 1.53. The van der Waals surface area contributed by atoms with Gasteiger partial charge in [-0.05, 0) is 39.2 Å². The number of hydrogen-bond acceptors (Lipinski definition) is 4. The number of nitrogens with zero attached hydrogens (tertiary/aromatic N) is 2. The van der Waals surface area contributed by atoms with Gasteiger partial charge in [0.05, 0.1) is 19.3 Å².